The number of benzene rings is 1. The van der Waals surface area contributed by atoms with Crippen LogP contribution in [0.5, 0.6) is 0 Å². The van der Waals surface area contributed by atoms with Crippen LogP contribution in [-0.2, 0) is 6.42 Å². The van der Waals surface area contributed by atoms with Gasteiger partial charge in [-0.05, 0) is 108 Å². The molecule has 1 saturated heterocycles. The Morgan fingerprint density at radius 2 is 2.00 bits per heavy atom. The van der Waals surface area contributed by atoms with Crippen molar-refractivity contribution in [2.45, 2.75) is 90.3 Å². The van der Waals surface area contributed by atoms with Gasteiger partial charge in [0.25, 0.3) is 0 Å². The molecule has 3 atom stereocenters. The Hall–Kier alpha value is -3.82. The molecule has 0 amide bonds. The summed E-state index contributed by atoms with van der Waals surface area (Å²) in [6.07, 6.45) is 10.4. The summed E-state index contributed by atoms with van der Waals surface area (Å²) in [6.45, 7) is 7.96. The highest BCUT2D eigenvalue weighted by Crippen LogP contribution is 2.36. The van der Waals surface area contributed by atoms with Crippen molar-refractivity contribution in [3.8, 4) is 17.1 Å². The summed E-state index contributed by atoms with van der Waals surface area (Å²) < 4.78 is 1.63. The summed E-state index contributed by atoms with van der Waals surface area (Å²) in [7, 11) is 0. The number of hydrogen-bond donors (Lipinski definition) is 4. The van der Waals surface area contributed by atoms with Crippen molar-refractivity contribution in [1.82, 2.24) is 29.7 Å². The van der Waals surface area contributed by atoms with Crippen molar-refractivity contribution in [2.75, 3.05) is 13.1 Å². The quantitative estimate of drug-likeness (QED) is 0.125. The molecule has 4 aromatic rings. The molecule has 0 aliphatic carbocycles. The van der Waals surface area contributed by atoms with Crippen LogP contribution in [0.4, 0.5) is 0 Å². The molecule has 9 nitrogen and oxygen atoms in total. The zero-order chi connectivity index (χ0) is 30.3. The largest absolute Gasteiger partial charge is 0.374 e. The lowest BCUT2D eigenvalue weighted by atomic mass is 9.89. The molecule has 9 heteroatoms. The summed E-state index contributed by atoms with van der Waals surface area (Å²) in [5.41, 5.74) is 11.0. The Morgan fingerprint density at radius 1 is 1.19 bits per heavy atom. The molecule has 0 radical (unpaired) electrons. The van der Waals surface area contributed by atoms with Gasteiger partial charge in [0.1, 0.15) is 5.65 Å². The molecule has 3 aromatic heterocycles. The van der Waals surface area contributed by atoms with E-state index in [-0.39, 0.29) is 11.7 Å². The number of nitrogens with zero attached hydrogens (tertiary/aromatic N) is 4. The Labute approximate surface area is 254 Å². The molecule has 1 unspecified atom stereocenters. The Bertz CT molecular complexity index is 1570. The van der Waals surface area contributed by atoms with Gasteiger partial charge in [-0.3, -0.25) is 19.9 Å². The maximum Gasteiger partial charge on any atom is 0.354 e. The van der Waals surface area contributed by atoms with Gasteiger partial charge in [0.05, 0.1) is 22.9 Å². The van der Waals surface area contributed by atoms with Crippen molar-refractivity contribution in [3.05, 3.63) is 76.5 Å². The zero-order valence-electron chi connectivity index (χ0n) is 25.8. The van der Waals surface area contributed by atoms with E-state index in [9.17, 15) is 4.79 Å². The minimum Gasteiger partial charge on any atom is -0.374 e. The van der Waals surface area contributed by atoms with E-state index < -0.39 is 0 Å². The Balaban J connectivity index is 1.34. The normalized spacial score (nSPS) is 18.1. The van der Waals surface area contributed by atoms with Crippen molar-refractivity contribution in [1.29, 1.82) is 5.41 Å². The summed E-state index contributed by atoms with van der Waals surface area (Å²) in [5, 5.41) is 11.7. The maximum absolute atomic E-state index is 13.1. The van der Waals surface area contributed by atoms with Gasteiger partial charge in [0.15, 0.2) is 0 Å². The van der Waals surface area contributed by atoms with Gasteiger partial charge in [-0.25, -0.2) is 4.79 Å². The molecule has 4 heterocycles. The van der Waals surface area contributed by atoms with E-state index in [0.717, 1.165) is 79.8 Å². The highest BCUT2D eigenvalue weighted by atomic mass is 16.1. The fourth-order valence-electron chi connectivity index (χ4n) is 6.37. The van der Waals surface area contributed by atoms with Gasteiger partial charge in [-0.2, -0.15) is 4.98 Å². The third-order valence-electron chi connectivity index (χ3n) is 8.47. The highest BCUT2D eigenvalue weighted by Gasteiger charge is 2.30. The molecule has 1 aliphatic heterocycles. The molecular formula is C34H46N8O. The second-order valence-electron chi connectivity index (χ2n) is 12.0. The summed E-state index contributed by atoms with van der Waals surface area (Å²) in [6, 6.07) is 17.5. The van der Waals surface area contributed by atoms with Crippen LogP contribution >= 0.6 is 0 Å². The van der Waals surface area contributed by atoms with Crippen LogP contribution < -0.4 is 16.7 Å². The van der Waals surface area contributed by atoms with Crippen LogP contribution in [0.25, 0.3) is 28.1 Å². The fourth-order valence-corrected chi connectivity index (χ4v) is 6.37. The fraction of sp³-hybridized carbons (Fsp3) is 0.471. The third kappa shape index (κ3) is 7.58. The maximum atomic E-state index is 13.1. The number of hydrogen-bond acceptors (Lipinski definition) is 6. The summed E-state index contributed by atoms with van der Waals surface area (Å²) in [5.74, 6) is 0.526. The van der Waals surface area contributed by atoms with Gasteiger partial charge < -0.3 is 16.0 Å². The first-order valence-corrected chi connectivity index (χ1v) is 15.8. The van der Waals surface area contributed by atoms with E-state index in [4.69, 9.17) is 16.1 Å². The Kier molecular flexibility index (Phi) is 10.0. The number of pyridine rings is 1. The molecule has 0 spiro atoms. The van der Waals surface area contributed by atoms with Crippen LogP contribution in [0.15, 0.2) is 59.5 Å². The summed E-state index contributed by atoms with van der Waals surface area (Å²) in [4.78, 5) is 28.3. The molecule has 43 heavy (non-hydrogen) atoms. The lowest BCUT2D eigenvalue weighted by Crippen LogP contribution is -2.43. The Morgan fingerprint density at radius 3 is 2.74 bits per heavy atom. The number of amidine groups is 1. The van der Waals surface area contributed by atoms with Crippen LogP contribution in [0.3, 0.4) is 0 Å². The monoisotopic (exact) mass is 582 g/mol. The first-order valence-electron chi connectivity index (χ1n) is 15.8. The van der Waals surface area contributed by atoms with Gasteiger partial charge >= 0.3 is 5.69 Å². The standard InChI is InChI=1S/C34H46N8O/c1-4-20-41-28(18-19-37-24(3)36)11-7-13-32(41)25-14-16-29(17-15-25)42-22-26-21-31(39-33(26)40-34(42)43)30-12-6-10-27(38-30)9-5-8-23(2)35/h6,10,12,14-17,21-23,28,32H,4-5,7-9,11,13,18-20,35H2,1-3H3,(H2,36,37)(H,39,40,43)/t23-,28?,32-/m0/s1. The number of aromatic nitrogens is 4. The number of nitrogens with one attached hydrogen (secondary N) is 3. The minimum atomic E-state index is -0.314. The van der Waals surface area contributed by atoms with E-state index in [1.54, 1.807) is 11.5 Å². The molecule has 228 valence electrons. The van der Waals surface area contributed by atoms with Crippen molar-refractivity contribution in [3.63, 3.8) is 0 Å². The zero-order valence-corrected chi connectivity index (χ0v) is 25.8. The molecule has 0 bridgehead atoms. The van der Waals surface area contributed by atoms with E-state index in [1.165, 1.54) is 18.4 Å². The number of fused-ring (bicyclic) bond motifs is 1. The molecule has 0 saturated carbocycles. The van der Waals surface area contributed by atoms with E-state index in [2.05, 4.69) is 39.2 Å². The molecular weight excluding hydrogens is 536 g/mol. The van der Waals surface area contributed by atoms with Crippen LogP contribution in [-0.4, -0.2) is 55.4 Å². The lowest BCUT2D eigenvalue weighted by Gasteiger charge is -2.42. The first kappa shape index (κ1) is 30.6. The average molecular weight is 583 g/mol. The van der Waals surface area contributed by atoms with Crippen molar-refractivity contribution >= 4 is 16.9 Å². The first-order chi connectivity index (χ1) is 20.8. The van der Waals surface area contributed by atoms with Gasteiger partial charge in [0, 0.05) is 41.9 Å². The molecule has 5 rings (SSSR count). The van der Waals surface area contributed by atoms with E-state index in [0.29, 0.717) is 23.6 Å². The van der Waals surface area contributed by atoms with E-state index in [1.807, 2.05) is 49.5 Å². The van der Waals surface area contributed by atoms with Crippen LogP contribution in [0.1, 0.15) is 83.0 Å². The minimum absolute atomic E-state index is 0.193. The predicted molar refractivity (Wildman–Crippen MR) is 175 cm³/mol. The lowest BCUT2D eigenvalue weighted by molar-refractivity contribution is 0.0777. The number of H-pyrrole nitrogens is 1. The SMILES string of the molecule is CCCN1C(CCNC(C)=N)CCC[C@H]1c1ccc(-n2cc3cc(-c4cccc(CCC[C@H](C)N)n4)[nH]c3nc2=O)cc1. The number of rotatable bonds is 12. The third-order valence-corrected chi connectivity index (χ3v) is 8.47. The van der Waals surface area contributed by atoms with Crippen LogP contribution in [0, 0.1) is 5.41 Å². The second-order valence-corrected chi connectivity index (χ2v) is 12.0. The van der Waals surface area contributed by atoms with Gasteiger partial charge in [-0.15, -0.1) is 0 Å². The average Bonchev–Trinajstić information content (AvgIpc) is 3.40. The number of nitrogens with two attached hydrogens (primary N) is 1. The number of aromatic amines is 1. The molecule has 1 aromatic carbocycles. The van der Waals surface area contributed by atoms with E-state index >= 15 is 0 Å². The van der Waals surface area contributed by atoms with Gasteiger partial charge in [0.2, 0.25) is 0 Å². The smallest absolute Gasteiger partial charge is 0.354 e. The van der Waals surface area contributed by atoms with Crippen molar-refractivity contribution < 1.29 is 0 Å². The van der Waals surface area contributed by atoms with Gasteiger partial charge in [-0.1, -0.05) is 25.1 Å². The second kappa shape index (κ2) is 14.1. The summed E-state index contributed by atoms with van der Waals surface area (Å²) >= 11 is 0. The van der Waals surface area contributed by atoms with Crippen LogP contribution in [0.2, 0.25) is 0 Å². The highest BCUT2D eigenvalue weighted by molar-refractivity contribution is 5.81. The molecule has 5 N–H and O–H groups in total. The number of likely N-dealkylation sites (tertiary alicyclic amines) is 1. The van der Waals surface area contributed by atoms with Crippen molar-refractivity contribution in [2.24, 2.45) is 5.73 Å². The number of piperidine rings is 1. The number of aryl methyl sites for hydroxylation is 1. The molecule has 1 aliphatic rings. The molecule has 1 fully saturated rings. The topological polar surface area (TPSA) is 129 Å². The predicted octanol–water partition coefficient (Wildman–Crippen LogP) is 5.73.